The van der Waals surface area contributed by atoms with E-state index in [-0.39, 0.29) is 11.7 Å². The van der Waals surface area contributed by atoms with E-state index in [1.807, 2.05) is 0 Å². The Kier molecular flexibility index (Phi) is 15.1. The predicted molar refractivity (Wildman–Crippen MR) is 124 cm³/mol. The molecule has 1 fully saturated rings. The zero-order chi connectivity index (χ0) is 20.5. The lowest BCUT2D eigenvalue weighted by atomic mass is 10.0. The van der Waals surface area contributed by atoms with Gasteiger partial charge in [-0.25, -0.2) is 8.42 Å². The quantitative estimate of drug-likeness (QED) is 0.232. The first-order valence-corrected chi connectivity index (χ1v) is 13.9. The number of thiocarbonyl (C=S) groups is 1. The van der Waals surface area contributed by atoms with E-state index in [1.54, 1.807) is 0 Å². The molecule has 1 aliphatic rings. The standard InChI is InChI=1S/C22H43NO3S2/c1-2-3-4-5-6-7-8-9-10-11-12-13-14-15-17-26-22(27)23-19-21-16-18-28(24,25)20-21/h21H,2-20H2,1H3,(H,23,27). The number of nitrogens with one attached hydrogen (secondary N) is 1. The van der Waals surface area contributed by atoms with Crippen molar-refractivity contribution in [2.24, 2.45) is 5.92 Å². The van der Waals surface area contributed by atoms with Gasteiger partial charge in [0.2, 0.25) is 0 Å². The molecule has 1 atom stereocenters. The fourth-order valence-corrected chi connectivity index (χ4v) is 5.80. The van der Waals surface area contributed by atoms with Crippen molar-refractivity contribution in [3.8, 4) is 0 Å². The van der Waals surface area contributed by atoms with Gasteiger partial charge in [0.25, 0.3) is 5.17 Å². The summed E-state index contributed by atoms with van der Waals surface area (Å²) in [4.78, 5) is 0. The zero-order valence-corrected chi connectivity index (χ0v) is 19.7. The molecule has 1 unspecified atom stereocenters. The first-order chi connectivity index (χ1) is 13.5. The molecular formula is C22H43NO3S2. The molecule has 1 rings (SSSR count). The number of sulfone groups is 1. The van der Waals surface area contributed by atoms with E-state index in [9.17, 15) is 8.42 Å². The Balaban J connectivity index is 1.77. The highest BCUT2D eigenvalue weighted by molar-refractivity contribution is 7.91. The number of hydrogen-bond acceptors (Lipinski definition) is 4. The maximum Gasteiger partial charge on any atom is 0.256 e. The summed E-state index contributed by atoms with van der Waals surface area (Å²) in [7, 11) is -2.81. The largest absolute Gasteiger partial charge is 0.471 e. The molecule has 1 heterocycles. The van der Waals surface area contributed by atoms with E-state index in [0.29, 0.717) is 24.1 Å². The second-order valence-electron chi connectivity index (χ2n) is 8.38. The highest BCUT2D eigenvalue weighted by Crippen LogP contribution is 2.17. The van der Waals surface area contributed by atoms with Crippen LogP contribution in [-0.4, -0.2) is 38.2 Å². The van der Waals surface area contributed by atoms with Crippen LogP contribution in [0, 0.1) is 5.92 Å². The molecule has 28 heavy (non-hydrogen) atoms. The Bertz CT molecular complexity index is 494. The summed E-state index contributed by atoms with van der Waals surface area (Å²) in [5.41, 5.74) is 0. The second-order valence-corrected chi connectivity index (χ2v) is 11.0. The monoisotopic (exact) mass is 433 g/mol. The van der Waals surface area contributed by atoms with Crippen LogP contribution >= 0.6 is 12.2 Å². The zero-order valence-electron chi connectivity index (χ0n) is 18.1. The molecule has 1 N–H and O–H groups in total. The molecule has 0 bridgehead atoms. The van der Waals surface area contributed by atoms with Gasteiger partial charge in [0.15, 0.2) is 9.84 Å². The molecule has 0 aromatic heterocycles. The summed E-state index contributed by atoms with van der Waals surface area (Å²) in [5.74, 6) is 0.765. The Labute approximate surface area is 179 Å². The number of rotatable bonds is 17. The molecule has 0 aromatic rings. The van der Waals surface area contributed by atoms with Crippen molar-refractivity contribution >= 4 is 27.2 Å². The first-order valence-electron chi connectivity index (χ1n) is 11.6. The topological polar surface area (TPSA) is 55.4 Å². The van der Waals surface area contributed by atoms with E-state index in [1.165, 1.54) is 83.5 Å². The SMILES string of the molecule is CCCCCCCCCCCCCCCCOC(=S)NCC1CCS(=O)(=O)C1. The molecule has 1 aliphatic heterocycles. The molecule has 0 spiro atoms. The molecule has 0 aromatic carbocycles. The van der Waals surface area contributed by atoms with E-state index in [0.717, 1.165) is 12.8 Å². The van der Waals surface area contributed by atoms with Crippen molar-refractivity contribution in [2.45, 2.75) is 103 Å². The van der Waals surface area contributed by atoms with Gasteiger partial charge < -0.3 is 10.1 Å². The Hall–Kier alpha value is -0.360. The van der Waals surface area contributed by atoms with Gasteiger partial charge in [0.1, 0.15) is 0 Å². The third-order valence-corrected chi connectivity index (χ3v) is 7.69. The fraction of sp³-hybridized carbons (Fsp3) is 0.955. The van der Waals surface area contributed by atoms with Crippen molar-refractivity contribution in [1.82, 2.24) is 5.32 Å². The lowest BCUT2D eigenvalue weighted by molar-refractivity contribution is 0.284. The summed E-state index contributed by atoms with van der Waals surface area (Å²) < 4.78 is 28.4. The van der Waals surface area contributed by atoms with Gasteiger partial charge >= 0.3 is 0 Å². The van der Waals surface area contributed by atoms with Gasteiger partial charge in [0, 0.05) is 6.54 Å². The fourth-order valence-electron chi connectivity index (χ4n) is 3.77. The maximum atomic E-state index is 11.4. The minimum Gasteiger partial charge on any atom is -0.471 e. The third-order valence-electron chi connectivity index (χ3n) is 5.59. The maximum absolute atomic E-state index is 11.4. The number of hydrogen-bond donors (Lipinski definition) is 1. The average molecular weight is 434 g/mol. The highest BCUT2D eigenvalue weighted by Gasteiger charge is 2.27. The lowest BCUT2D eigenvalue weighted by Gasteiger charge is -2.12. The highest BCUT2D eigenvalue weighted by atomic mass is 32.2. The second kappa shape index (κ2) is 16.4. The lowest BCUT2D eigenvalue weighted by Crippen LogP contribution is -2.30. The summed E-state index contributed by atoms with van der Waals surface area (Å²) in [6.45, 7) is 3.54. The molecule has 4 nitrogen and oxygen atoms in total. The number of ether oxygens (including phenoxy) is 1. The predicted octanol–water partition coefficient (Wildman–Crippen LogP) is 5.79. The Morgan fingerprint density at radius 3 is 1.86 bits per heavy atom. The van der Waals surface area contributed by atoms with Crippen LogP contribution in [-0.2, 0) is 14.6 Å². The smallest absolute Gasteiger partial charge is 0.256 e. The molecule has 0 saturated carbocycles. The average Bonchev–Trinajstić information content (AvgIpc) is 3.02. The van der Waals surface area contributed by atoms with Crippen LogP contribution in [0.15, 0.2) is 0 Å². The van der Waals surface area contributed by atoms with Crippen LogP contribution in [0.2, 0.25) is 0 Å². The molecule has 0 radical (unpaired) electrons. The Morgan fingerprint density at radius 2 is 1.39 bits per heavy atom. The molecule has 1 saturated heterocycles. The van der Waals surface area contributed by atoms with Gasteiger partial charge in [0.05, 0.1) is 18.1 Å². The molecule has 6 heteroatoms. The molecule has 0 aliphatic carbocycles. The van der Waals surface area contributed by atoms with Crippen molar-refractivity contribution in [3.63, 3.8) is 0 Å². The van der Waals surface area contributed by atoms with Crippen LogP contribution < -0.4 is 5.32 Å². The van der Waals surface area contributed by atoms with E-state index in [4.69, 9.17) is 17.0 Å². The van der Waals surface area contributed by atoms with Crippen LogP contribution in [0.5, 0.6) is 0 Å². The summed E-state index contributed by atoms with van der Waals surface area (Å²) >= 11 is 5.16. The van der Waals surface area contributed by atoms with Crippen LogP contribution in [0.1, 0.15) is 103 Å². The van der Waals surface area contributed by atoms with Gasteiger partial charge in [-0.1, -0.05) is 90.4 Å². The summed E-state index contributed by atoms with van der Waals surface area (Å²) in [5, 5.41) is 3.47. The summed E-state index contributed by atoms with van der Waals surface area (Å²) in [6.07, 6.45) is 19.6. The molecular weight excluding hydrogens is 390 g/mol. The minimum absolute atomic E-state index is 0.174. The minimum atomic E-state index is -2.81. The van der Waals surface area contributed by atoms with Gasteiger partial charge in [-0.3, -0.25) is 0 Å². The first kappa shape index (κ1) is 25.7. The molecule has 166 valence electrons. The van der Waals surface area contributed by atoms with Crippen molar-refractivity contribution in [1.29, 1.82) is 0 Å². The number of unbranched alkanes of at least 4 members (excludes halogenated alkanes) is 13. The third kappa shape index (κ3) is 14.6. The van der Waals surface area contributed by atoms with Gasteiger partial charge in [-0.05, 0) is 31.0 Å². The normalized spacial score (nSPS) is 18.2. The van der Waals surface area contributed by atoms with E-state index in [2.05, 4.69) is 12.2 Å². The van der Waals surface area contributed by atoms with Crippen LogP contribution in [0.3, 0.4) is 0 Å². The van der Waals surface area contributed by atoms with Gasteiger partial charge in [-0.15, -0.1) is 0 Å². The van der Waals surface area contributed by atoms with E-state index >= 15 is 0 Å². The van der Waals surface area contributed by atoms with Crippen molar-refractivity contribution < 1.29 is 13.2 Å². The van der Waals surface area contributed by atoms with Crippen molar-refractivity contribution in [2.75, 3.05) is 24.7 Å². The Morgan fingerprint density at radius 1 is 0.893 bits per heavy atom. The summed E-state index contributed by atoms with van der Waals surface area (Å²) in [6, 6.07) is 0. The van der Waals surface area contributed by atoms with Crippen molar-refractivity contribution in [3.05, 3.63) is 0 Å². The van der Waals surface area contributed by atoms with Crippen LogP contribution in [0.25, 0.3) is 0 Å². The van der Waals surface area contributed by atoms with Gasteiger partial charge in [-0.2, -0.15) is 0 Å². The van der Waals surface area contributed by atoms with Crippen LogP contribution in [0.4, 0.5) is 0 Å². The van der Waals surface area contributed by atoms with E-state index < -0.39 is 9.84 Å². The molecule has 0 amide bonds.